The maximum absolute atomic E-state index is 5.88. The molecule has 4 heteroatoms. The summed E-state index contributed by atoms with van der Waals surface area (Å²) in [5.74, 6) is 0.751. The second-order valence-corrected chi connectivity index (χ2v) is 6.80. The minimum absolute atomic E-state index is 0. The molecule has 1 N–H and O–H groups in total. The molecule has 0 saturated heterocycles. The van der Waals surface area contributed by atoms with Crippen molar-refractivity contribution >= 4 is 23.4 Å². The van der Waals surface area contributed by atoms with E-state index in [1.165, 1.54) is 11.1 Å². The molecule has 3 aromatic rings. The predicted octanol–water partition coefficient (Wildman–Crippen LogP) is 5.69. The van der Waals surface area contributed by atoms with Crippen LogP contribution in [0.5, 0.6) is 0 Å². The average molecular weight is 359 g/mol. The number of nitrogens with zero attached hydrogens (tertiary/aromatic N) is 2. The van der Waals surface area contributed by atoms with Gasteiger partial charge in [-0.2, -0.15) is 0 Å². The lowest BCUT2D eigenvalue weighted by Gasteiger charge is -2.22. The van der Waals surface area contributed by atoms with Gasteiger partial charge in [-0.3, -0.25) is 0 Å². The fourth-order valence-electron chi connectivity index (χ4n) is 3.21. The summed E-state index contributed by atoms with van der Waals surface area (Å²) in [6.07, 6.45) is 6.97. The van der Waals surface area contributed by atoms with Crippen molar-refractivity contribution < 1.29 is 5.84 Å². The van der Waals surface area contributed by atoms with Crippen LogP contribution in [0.25, 0.3) is 23.0 Å². The largest absolute Gasteiger partial charge is 0.423 e. The molecule has 0 bridgehead atoms. The summed E-state index contributed by atoms with van der Waals surface area (Å²) in [7, 11) is 2.15. The van der Waals surface area contributed by atoms with Gasteiger partial charge in [-0.15, -0.1) is 0 Å². The molecule has 0 fully saturated rings. The standard InChI is InChI=1S/C23H23N3O.H2/c1-3-17-5-4-6-21(15-17)25-23-24-16-22(27-23)20-9-7-18(8-10-20)19-11-13-26(2)14-12-19;/h3-11,15-16H,1,12-14H2,2H3,(H,24,25);1H. The van der Waals surface area contributed by atoms with E-state index in [2.05, 4.69) is 59.2 Å². The molecule has 1 aliphatic heterocycles. The predicted molar refractivity (Wildman–Crippen MR) is 114 cm³/mol. The molecule has 1 aromatic heterocycles. The van der Waals surface area contributed by atoms with E-state index in [0.717, 1.165) is 42.1 Å². The van der Waals surface area contributed by atoms with Crippen LogP contribution in [0.2, 0.25) is 0 Å². The normalized spacial score (nSPS) is 14.6. The molecule has 2 aromatic carbocycles. The van der Waals surface area contributed by atoms with Crippen LogP contribution in [0.3, 0.4) is 0 Å². The number of anilines is 2. The van der Waals surface area contributed by atoms with E-state index >= 15 is 0 Å². The van der Waals surface area contributed by atoms with Crippen LogP contribution in [-0.2, 0) is 0 Å². The third-order valence-electron chi connectivity index (χ3n) is 4.83. The first-order valence-electron chi connectivity index (χ1n) is 9.15. The van der Waals surface area contributed by atoms with Gasteiger partial charge in [0.15, 0.2) is 5.76 Å². The van der Waals surface area contributed by atoms with Gasteiger partial charge in [0.25, 0.3) is 6.01 Å². The molecule has 1 aliphatic rings. The Kier molecular flexibility index (Phi) is 4.90. The van der Waals surface area contributed by atoms with Gasteiger partial charge in [-0.25, -0.2) is 4.98 Å². The van der Waals surface area contributed by atoms with Gasteiger partial charge in [0.1, 0.15) is 0 Å². The summed E-state index contributed by atoms with van der Waals surface area (Å²) in [5.41, 5.74) is 5.69. The number of hydrogen-bond acceptors (Lipinski definition) is 4. The van der Waals surface area contributed by atoms with Gasteiger partial charge < -0.3 is 14.6 Å². The number of oxazole rings is 1. The van der Waals surface area contributed by atoms with Gasteiger partial charge >= 0.3 is 0 Å². The SMILES string of the molecule is C=Cc1cccc(Nc2ncc(-c3ccc(C4=CCN(C)CC4)cc3)o2)c1.[HH]. The molecule has 0 saturated carbocycles. The third kappa shape index (κ3) is 4.01. The Hall–Kier alpha value is -3.11. The fraction of sp³-hybridized carbons (Fsp3) is 0.174. The summed E-state index contributed by atoms with van der Waals surface area (Å²) in [6, 6.07) is 16.9. The number of nitrogens with one attached hydrogen (secondary N) is 1. The number of aromatic nitrogens is 1. The maximum atomic E-state index is 5.88. The number of hydrogen-bond donors (Lipinski definition) is 1. The zero-order valence-corrected chi connectivity index (χ0v) is 15.5. The van der Waals surface area contributed by atoms with Crippen molar-refractivity contribution in [2.75, 3.05) is 25.5 Å². The number of likely N-dealkylation sites (N-methyl/N-ethyl adjacent to an activating group) is 1. The summed E-state index contributed by atoms with van der Waals surface area (Å²) in [6.45, 7) is 5.92. The van der Waals surface area contributed by atoms with Crippen LogP contribution in [0, 0.1) is 0 Å². The van der Waals surface area contributed by atoms with E-state index in [4.69, 9.17) is 4.42 Å². The van der Waals surface area contributed by atoms with E-state index in [-0.39, 0.29) is 1.43 Å². The van der Waals surface area contributed by atoms with Gasteiger partial charge in [-0.1, -0.05) is 55.1 Å². The van der Waals surface area contributed by atoms with E-state index in [9.17, 15) is 0 Å². The Morgan fingerprint density at radius 3 is 2.74 bits per heavy atom. The van der Waals surface area contributed by atoms with E-state index in [0.29, 0.717) is 6.01 Å². The van der Waals surface area contributed by atoms with E-state index in [1.807, 2.05) is 30.3 Å². The summed E-state index contributed by atoms with van der Waals surface area (Å²) < 4.78 is 5.88. The Bertz CT molecular complexity index is 976. The average Bonchev–Trinajstić information content (AvgIpc) is 3.17. The molecule has 0 amide bonds. The second kappa shape index (κ2) is 7.64. The summed E-state index contributed by atoms with van der Waals surface area (Å²) >= 11 is 0. The van der Waals surface area contributed by atoms with Crippen LogP contribution < -0.4 is 5.32 Å². The van der Waals surface area contributed by atoms with Crippen LogP contribution in [0.15, 0.2) is 71.8 Å². The molecule has 138 valence electrons. The van der Waals surface area contributed by atoms with Crippen molar-refractivity contribution in [1.82, 2.24) is 9.88 Å². The Labute approximate surface area is 161 Å². The molecule has 0 spiro atoms. The molecular weight excluding hydrogens is 334 g/mol. The van der Waals surface area contributed by atoms with Crippen molar-refractivity contribution in [1.29, 1.82) is 0 Å². The molecule has 0 atom stereocenters. The van der Waals surface area contributed by atoms with E-state index < -0.39 is 0 Å². The first kappa shape index (κ1) is 17.3. The highest BCUT2D eigenvalue weighted by Crippen LogP contribution is 2.28. The lowest BCUT2D eigenvalue weighted by Crippen LogP contribution is -2.23. The maximum Gasteiger partial charge on any atom is 0.299 e. The minimum atomic E-state index is 0. The second-order valence-electron chi connectivity index (χ2n) is 6.80. The molecule has 0 unspecified atom stereocenters. The number of benzene rings is 2. The quantitative estimate of drug-likeness (QED) is 0.635. The van der Waals surface area contributed by atoms with Crippen LogP contribution in [-0.4, -0.2) is 30.0 Å². The topological polar surface area (TPSA) is 41.3 Å². The first-order valence-corrected chi connectivity index (χ1v) is 9.15. The highest BCUT2D eigenvalue weighted by Gasteiger charge is 2.11. The number of rotatable bonds is 5. The molecule has 0 aliphatic carbocycles. The molecule has 2 heterocycles. The monoisotopic (exact) mass is 359 g/mol. The summed E-state index contributed by atoms with van der Waals surface area (Å²) in [4.78, 5) is 6.67. The van der Waals surface area contributed by atoms with Crippen molar-refractivity contribution in [2.45, 2.75) is 6.42 Å². The van der Waals surface area contributed by atoms with Gasteiger partial charge in [-0.05, 0) is 42.3 Å². The van der Waals surface area contributed by atoms with Crippen LogP contribution in [0.1, 0.15) is 19.0 Å². The Balaban J connectivity index is 0.00000225. The zero-order valence-electron chi connectivity index (χ0n) is 15.5. The van der Waals surface area contributed by atoms with Gasteiger partial charge in [0.05, 0.1) is 6.20 Å². The van der Waals surface area contributed by atoms with E-state index in [1.54, 1.807) is 6.20 Å². The van der Waals surface area contributed by atoms with Crippen molar-refractivity contribution in [2.24, 2.45) is 0 Å². The van der Waals surface area contributed by atoms with Crippen molar-refractivity contribution in [3.63, 3.8) is 0 Å². The lowest BCUT2D eigenvalue weighted by atomic mass is 9.98. The van der Waals surface area contributed by atoms with Crippen LogP contribution in [0.4, 0.5) is 11.7 Å². The van der Waals surface area contributed by atoms with Crippen molar-refractivity contribution in [3.8, 4) is 11.3 Å². The molecular formula is C23H25N3O. The Morgan fingerprint density at radius 2 is 2.00 bits per heavy atom. The summed E-state index contributed by atoms with van der Waals surface area (Å²) in [5, 5.41) is 3.20. The molecule has 0 radical (unpaired) electrons. The van der Waals surface area contributed by atoms with Crippen molar-refractivity contribution in [3.05, 3.63) is 78.5 Å². The molecule has 27 heavy (non-hydrogen) atoms. The van der Waals surface area contributed by atoms with Gasteiger partial charge in [0, 0.05) is 25.8 Å². The molecule has 4 rings (SSSR count). The molecule has 4 nitrogen and oxygen atoms in total. The third-order valence-corrected chi connectivity index (χ3v) is 4.83. The Morgan fingerprint density at radius 1 is 1.19 bits per heavy atom. The smallest absolute Gasteiger partial charge is 0.299 e. The highest BCUT2D eigenvalue weighted by atomic mass is 16.4. The highest BCUT2D eigenvalue weighted by molar-refractivity contribution is 5.70. The van der Waals surface area contributed by atoms with Gasteiger partial charge in [0.2, 0.25) is 0 Å². The minimum Gasteiger partial charge on any atom is -0.423 e. The first-order chi connectivity index (χ1) is 13.2. The lowest BCUT2D eigenvalue weighted by molar-refractivity contribution is 0.370. The van der Waals surface area contributed by atoms with Crippen LogP contribution >= 0.6 is 0 Å². The fourth-order valence-corrected chi connectivity index (χ4v) is 3.21. The zero-order chi connectivity index (χ0) is 18.6.